The molecule has 0 aliphatic carbocycles. The first-order valence-electron chi connectivity index (χ1n) is 9.80. The van der Waals surface area contributed by atoms with Crippen molar-refractivity contribution in [3.8, 4) is 5.13 Å². The summed E-state index contributed by atoms with van der Waals surface area (Å²) < 4.78 is 47.7. The second kappa shape index (κ2) is 8.66. The van der Waals surface area contributed by atoms with Crippen molar-refractivity contribution in [2.45, 2.75) is 20.0 Å². The van der Waals surface area contributed by atoms with E-state index in [0.29, 0.717) is 5.52 Å². The number of halogens is 3. The van der Waals surface area contributed by atoms with Crippen molar-refractivity contribution in [2.24, 2.45) is 4.99 Å². The number of carbonyl (C=O) groups is 1. The molecule has 170 valence electrons. The Morgan fingerprint density at radius 2 is 1.88 bits per heavy atom. The largest absolute Gasteiger partial charge is 0.462 e. The summed E-state index contributed by atoms with van der Waals surface area (Å²) in [7, 11) is 0. The minimum absolute atomic E-state index is 0.0875. The number of para-hydroxylation sites is 1. The number of aromatic nitrogens is 3. The number of aliphatic imine (C=N–C) groups is 1. The van der Waals surface area contributed by atoms with Gasteiger partial charge in [0.15, 0.2) is 5.69 Å². The number of fused-ring (bicyclic) bond motifs is 1. The molecule has 2 aromatic carbocycles. The summed E-state index contributed by atoms with van der Waals surface area (Å²) in [5.74, 6) is -0.520. The van der Waals surface area contributed by atoms with Crippen LogP contribution in [-0.2, 0) is 10.9 Å². The molecule has 4 aromatic rings. The number of rotatable bonds is 5. The Hall–Kier alpha value is -3.73. The van der Waals surface area contributed by atoms with E-state index in [9.17, 15) is 22.8 Å². The summed E-state index contributed by atoms with van der Waals surface area (Å²) in [6, 6.07) is 12.8. The van der Waals surface area contributed by atoms with Gasteiger partial charge in [0.05, 0.1) is 39.3 Å². The third-order valence-corrected chi connectivity index (χ3v) is 5.71. The number of hydrogen-bond acceptors (Lipinski definition) is 6. The van der Waals surface area contributed by atoms with Crippen molar-refractivity contribution in [3.05, 3.63) is 75.7 Å². The SMILES string of the molecule is CCOC(=O)c1ccc(N=C(C)c2c(C(F)(F)F)[nH]n(-c3nc4ccccc4s3)c2=O)cc1. The van der Waals surface area contributed by atoms with Crippen LogP contribution in [0.5, 0.6) is 0 Å². The van der Waals surface area contributed by atoms with Crippen LogP contribution >= 0.6 is 11.3 Å². The first-order valence-corrected chi connectivity index (χ1v) is 10.6. The molecule has 0 aliphatic rings. The van der Waals surface area contributed by atoms with Crippen LogP contribution < -0.4 is 5.56 Å². The van der Waals surface area contributed by atoms with Crippen LogP contribution in [0.25, 0.3) is 15.3 Å². The van der Waals surface area contributed by atoms with Crippen LogP contribution in [0.1, 0.15) is 35.5 Å². The lowest BCUT2D eigenvalue weighted by atomic mass is 10.1. The van der Waals surface area contributed by atoms with Gasteiger partial charge in [0.2, 0.25) is 5.13 Å². The van der Waals surface area contributed by atoms with E-state index in [-0.39, 0.29) is 28.7 Å². The van der Waals surface area contributed by atoms with Gasteiger partial charge in [-0.15, -0.1) is 0 Å². The van der Waals surface area contributed by atoms with Gasteiger partial charge in [0.25, 0.3) is 5.56 Å². The number of carbonyl (C=O) groups excluding carboxylic acids is 1. The summed E-state index contributed by atoms with van der Waals surface area (Å²) in [5.41, 5.74) is -1.73. The molecule has 0 atom stereocenters. The molecule has 1 N–H and O–H groups in total. The lowest BCUT2D eigenvalue weighted by molar-refractivity contribution is -0.141. The molecule has 0 spiro atoms. The van der Waals surface area contributed by atoms with Gasteiger partial charge in [0.1, 0.15) is 0 Å². The Balaban J connectivity index is 1.77. The molecule has 0 amide bonds. The lowest BCUT2D eigenvalue weighted by Crippen LogP contribution is -2.20. The van der Waals surface area contributed by atoms with Gasteiger partial charge in [-0.2, -0.15) is 17.9 Å². The standard InChI is InChI=1S/C22H17F3N4O3S/c1-3-32-20(31)13-8-10-14(11-9-13)26-12(2)17-18(22(23,24)25)28-29(19(17)30)21-27-15-6-4-5-7-16(15)33-21/h4-11,28H,3H2,1-2H3. The molecule has 0 fully saturated rings. The van der Waals surface area contributed by atoms with Crippen molar-refractivity contribution in [2.75, 3.05) is 6.61 Å². The van der Waals surface area contributed by atoms with Crippen molar-refractivity contribution >= 4 is 38.9 Å². The summed E-state index contributed by atoms with van der Waals surface area (Å²) in [5, 5.41) is 2.24. The van der Waals surface area contributed by atoms with Crippen LogP contribution in [0.15, 0.2) is 58.3 Å². The highest BCUT2D eigenvalue weighted by atomic mass is 32.1. The Kier molecular flexibility index (Phi) is 5.90. The third-order valence-electron chi connectivity index (χ3n) is 4.68. The first-order chi connectivity index (χ1) is 15.7. The van der Waals surface area contributed by atoms with Crippen molar-refractivity contribution < 1.29 is 22.7 Å². The Bertz CT molecular complexity index is 1380. The molecule has 0 aliphatic heterocycles. The summed E-state index contributed by atoms with van der Waals surface area (Å²) >= 11 is 1.09. The number of nitrogens with one attached hydrogen (secondary N) is 1. The quantitative estimate of drug-likeness (QED) is 0.322. The molecule has 0 saturated heterocycles. The maximum Gasteiger partial charge on any atom is 0.433 e. The number of alkyl halides is 3. The Morgan fingerprint density at radius 3 is 2.52 bits per heavy atom. The van der Waals surface area contributed by atoms with Gasteiger partial charge in [-0.3, -0.25) is 14.9 Å². The normalized spacial score (nSPS) is 12.3. The predicted octanol–water partition coefficient (Wildman–Crippen LogP) is 5.11. The van der Waals surface area contributed by atoms with Crippen molar-refractivity contribution in [1.82, 2.24) is 14.8 Å². The molecular weight excluding hydrogens is 457 g/mol. The highest BCUT2D eigenvalue weighted by molar-refractivity contribution is 7.20. The maximum absolute atomic E-state index is 13.8. The van der Waals surface area contributed by atoms with E-state index in [2.05, 4.69) is 15.1 Å². The number of H-pyrrole nitrogens is 1. The van der Waals surface area contributed by atoms with Crippen LogP contribution in [0, 0.1) is 0 Å². The van der Waals surface area contributed by atoms with Gasteiger partial charge in [-0.25, -0.2) is 9.78 Å². The molecule has 0 saturated carbocycles. The Labute approximate surface area is 189 Å². The van der Waals surface area contributed by atoms with Crippen LogP contribution in [0.2, 0.25) is 0 Å². The van der Waals surface area contributed by atoms with E-state index in [1.807, 2.05) is 0 Å². The first kappa shape index (κ1) is 22.5. The topological polar surface area (TPSA) is 89.3 Å². The minimum Gasteiger partial charge on any atom is -0.462 e. The van der Waals surface area contributed by atoms with Crippen LogP contribution in [-0.4, -0.2) is 33.1 Å². The van der Waals surface area contributed by atoms with Gasteiger partial charge in [-0.1, -0.05) is 23.5 Å². The molecule has 0 bridgehead atoms. The summed E-state index contributed by atoms with van der Waals surface area (Å²) in [6.07, 6.45) is -4.82. The predicted molar refractivity (Wildman–Crippen MR) is 119 cm³/mol. The lowest BCUT2D eigenvalue weighted by Gasteiger charge is -2.06. The van der Waals surface area contributed by atoms with E-state index in [1.54, 1.807) is 31.2 Å². The van der Waals surface area contributed by atoms with E-state index in [0.717, 1.165) is 20.7 Å². The molecule has 0 unspecified atom stereocenters. The van der Waals surface area contributed by atoms with E-state index in [4.69, 9.17) is 4.74 Å². The van der Waals surface area contributed by atoms with Crippen LogP contribution in [0.4, 0.5) is 18.9 Å². The van der Waals surface area contributed by atoms with Gasteiger partial charge >= 0.3 is 12.1 Å². The second-order valence-electron chi connectivity index (χ2n) is 6.93. The monoisotopic (exact) mass is 474 g/mol. The van der Waals surface area contributed by atoms with Gasteiger partial charge < -0.3 is 4.74 Å². The van der Waals surface area contributed by atoms with E-state index in [1.165, 1.54) is 31.2 Å². The van der Waals surface area contributed by atoms with Crippen molar-refractivity contribution in [1.29, 1.82) is 0 Å². The highest BCUT2D eigenvalue weighted by Gasteiger charge is 2.39. The molecule has 7 nitrogen and oxygen atoms in total. The second-order valence-corrected chi connectivity index (χ2v) is 7.94. The number of thiazole rings is 1. The zero-order valence-corrected chi connectivity index (χ0v) is 18.3. The number of ether oxygens (including phenoxy) is 1. The average molecular weight is 474 g/mol. The van der Waals surface area contributed by atoms with Gasteiger partial charge in [0, 0.05) is 0 Å². The fraction of sp³-hybridized carbons (Fsp3) is 0.182. The van der Waals surface area contributed by atoms with Gasteiger partial charge in [-0.05, 0) is 50.2 Å². The smallest absolute Gasteiger partial charge is 0.433 e. The molecule has 11 heteroatoms. The Morgan fingerprint density at radius 1 is 1.18 bits per heavy atom. The summed E-state index contributed by atoms with van der Waals surface area (Å²) in [4.78, 5) is 33.2. The zero-order valence-electron chi connectivity index (χ0n) is 17.4. The highest BCUT2D eigenvalue weighted by Crippen LogP contribution is 2.31. The number of aromatic amines is 1. The molecule has 33 heavy (non-hydrogen) atoms. The van der Waals surface area contributed by atoms with E-state index < -0.39 is 29.0 Å². The molecular formula is C22H17F3N4O3S. The fourth-order valence-electron chi connectivity index (χ4n) is 3.20. The number of esters is 1. The number of nitrogens with zero attached hydrogens (tertiary/aromatic N) is 3. The van der Waals surface area contributed by atoms with Crippen molar-refractivity contribution in [3.63, 3.8) is 0 Å². The molecule has 4 rings (SSSR count). The molecule has 2 aromatic heterocycles. The van der Waals surface area contributed by atoms with Crippen LogP contribution in [0.3, 0.4) is 0 Å². The maximum atomic E-state index is 13.8. The minimum atomic E-state index is -4.82. The number of hydrogen-bond donors (Lipinski definition) is 1. The summed E-state index contributed by atoms with van der Waals surface area (Å²) in [6.45, 7) is 3.21. The zero-order chi connectivity index (χ0) is 23.8. The number of benzene rings is 2. The third kappa shape index (κ3) is 4.44. The molecule has 0 radical (unpaired) electrons. The molecule has 2 heterocycles. The average Bonchev–Trinajstić information content (AvgIpc) is 3.35. The fourth-order valence-corrected chi connectivity index (χ4v) is 4.13. The van der Waals surface area contributed by atoms with E-state index >= 15 is 0 Å².